The molecule has 0 saturated carbocycles. The minimum Gasteiger partial charge on any atom is -0.486 e. The predicted octanol–water partition coefficient (Wildman–Crippen LogP) is 4.21. The lowest BCUT2D eigenvalue weighted by Gasteiger charge is -2.13. The normalized spacial score (nSPS) is 16.3. The quantitative estimate of drug-likeness (QED) is 0.747. The van der Waals surface area contributed by atoms with E-state index in [1.807, 2.05) is 19.1 Å². The summed E-state index contributed by atoms with van der Waals surface area (Å²) in [6.45, 7) is 2.16. The average Bonchev–Trinajstić information content (AvgIpc) is 3.24. The Kier molecular flexibility index (Phi) is 4.24. The smallest absolute Gasteiger partial charge is 0.171 e. The van der Waals surface area contributed by atoms with E-state index in [0.717, 1.165) is 16.5 Å². The fraction of sp³-hybridized carbons (Fsp3) is 0.200. The van der Waals surface area contributed by atoms with E-state index < -0.39 is 11.6 Å². The Balaban J connectivity index is 1.60. The third-order valence-corrected chi connectivity index (χ3v) is 4.58. The van der Waals surface area contributed by atoms with Gasteiger partial charge >= 0.3 is 0 Å². The molecule has 0 amide bonds. The van der Waals surface area contributed by atoms with Gasteiger partial charge in [0.25, 0.3) is 0 Å². The topological polar surface area (TPSA) is 50.3 Å². The van der Waals surface area contributed by atoms with Crippen LogP contribution in [0.25, 0.3) is 11.0 Å². The van der Waals surface area contributed by atoms with Crippen LogP contribution >= 0.6 is 0 Å². The highest BCUT2D eigenvalue weighted by atomic mass is 19.1. The molecule has 0 fully saturated rings. The fourth-order valence-corrected chi connectivity index (χ4v) is 3.03. The molecule has 26 heavy (non-hydrogen) atoms. The molecule has 0 aliphatic carbocycles. The average molecular weight is 353 g/mol. The summed E-state index contributed by atoms with van der Waals surface area (Å²) in [6.07, 6.45) is 7.07. The molecule has 1 aliphatic heterocycles. The maximum absolute atomic E-state index is 14.9. The highest BCUT2D eigenvalue weighted by Crippen LogP contribution is 2.28. The number of nitrogens with zero attached hydrogens (tertiary/aromatic N) is 2. The number of halogens is 2. The maximum Gasteiger partial charge on any atom is 0.171 e. The van der Waals surface area contributed by atoms with E-state index in [9.17, 15) is 8.78 Å². The van der Waals surface area contributed by atoms with E-state index in [1.165, 1.54) is 12.1 Å². The second-order valence-corrected chi connectivity index (χ2v) is 6.23. The summed E-state index contributed by atoms with van der Waals surface area (Å²) in [5, 5.41) is 0.847. The number of aliphatic imine (C=N–C) groups is 1. The van der Waals surface area contributed by atoms with Crippen LogP contribution in [-0.2, 0) is 6.42 Å². The summed E-state index contributed by atoms with van der Waals surface area (Å²) in [5.41, 5.74) is 2.41. The molecule has 3 heterocycles. The van der Waals surface area contributed by atoms with Crippen molar-refractivity contribution in [2.24, 2.45) is 4.99 Å². The van der Waals surface area contributed by atoms with Crippen molar-refractivity contribution >= 4 is 17.2 Å². The Hall–Kier alpha value is -3.02. The van der Waals surface area contributed by atoms with Gasteiger partial charge in [0.05, 0.1) is 6.04 Å². The molecule has 2 aromatic heterocycles. The zero-order valence-corrected chi connectivity index (χ0v) is 14.2. The molecule has 1 unspecified atom stereocenters. The third-order valence-electron chi connectivity index (χ3n) is 4.58. The largest absolute Gasteiger partial charge is 0.486 e. The second kappa shape index (κ2) is 6.71. The summed E-state index contributed by atoms with van der Waals surface area (Å²) >= 11 is 0. The molecule has 0 saturated heterocycles. The number of hydrogen-bond donors (Lipinski definition) is 1. The first-order valence-corrected chi connectivity index (χ1v) is 8.36. The standard InChI is InChI=1S/C20H17F2N3O/c1-12-13(6-8-23-12)11-26-18-5-4-17(21)16(19(18)22)9-14-10-25-20-15(14)3-2-7-24-20/h2-8,10,12H,9,11H2,1H3,(H,24,25). The number of benzene rings is 1. The van der Waals surface area contributed by atoms with Crippen molar-refractivity contribution in [3.05, 3.63) is 71.1 Å². The predicted molar refractivity (Wildman–Crippen MR) is 96.8 cm³/mol. The lowest BCUT2D eigenvalue weighted by Crippen LogP contribution is -2.10. The molecule has 132 valence electrons. The van der Waals surface area contributed by atoms with Gasteiger partial charge in [-0.2, -0.15) is 0 Å². The number of aromatic nitrogens is 2. The van der Waals surface area contributed by atoms with Crippen LogP contribution in [0.15, 0.2) is 53.3 Å². The van der Waals surface area contributed by atoms with Crippen LogP contribution in [0.2, 0.25) is 0 Å². The number of nitrogens with one attached hydrogen (secondary N) is 1. The zero-order chi connectivity index (χ0) is 18.1. The van der Waals surface area contributed by atoms with Crippen LogP contribution in [0, 0.1) is 11.6 Å². The number of allylic oxidation sites excluding steroid dienone is 1. The summed E-state index contributed by atoms with van der Waals surface area (Å²) in [6, 6.07) is 6.26. The van der Waals surface area contributed by atoms with Gasteiger partial charge < -0.3 is 9.72 Å². The van der Waals surface area contributed by atoms with Crippen LogP contribution < -0.4 is 4.74 Å². The van der Waals surface area contributed by atoms with Crippen LogP contribution in [0.1, 0.15) is 18.1 Å². The summed E-state index contributed by atoms with van der Waals surface area (Å²) in [4.78, 5) is 11.4. The first kappa shape index (κ1) is 16.4. The lowest BCUT2D eigenvalue weighted by atomic mass is 10.0. The fourth-order valence-electron chi connectivity index (χ4n) is 3.03. The minimum atomic E-state index is -0.671. The van der Waals surface area contributed by atoms with Crippen molar-refractivity contribution in [3.63, 3.8) is 0 Å². The van der Waals surface area contributed by atoms with Crippen molar-refractivity contribution in [3.8, 4) is 5.75 Å². The minimum absolute atomic E-state index is 0.0167. The number of hydrogen-bond acceptors (Lipinski definition) is 3. The number of aromatic amines is 1. The van der Waals surface area contributed by atoms with E-state index in [2.05, 4.69) is 15.0 Å². The number of H-pyrrole nitrogens is 1. The summed E-state index contributed by atoms with van der Waals surface area (Å²) in [5.74, 6) is -1.22. The second-order valence-electron chi connectivity index (χ2n) is 6.23. The first-order chi connectivity index (χ1) is 12.6. The maximum atomic E-state index is 14.9. The Morgan fingerprint density at radius 2 is 2.12 bits per heavy atom. The molecule has 1 atom stereocenters. The van der Waals surface area contributed by atoms with E-state index >= 15 is 0 Å². The molecule has 0 spiro atoms. The van der Waals surface area contributed by atoms with Gasteiger partial charge in [0.2, 0.25) is 0 Å². The summed E-state index contributed by atoms with van der Waals surface area (Å²) in [7, 11) is 0. The molecule has 4 rings (SSSR count). The van der Waals surface area contributed by atoms with Crippen molar-refractivity contribution in [1.82, 2.24) is 9.97 Å². The van der Waals surface area contributed by atoms with Gasteiger partial charge in [0, 0.05) is 36.0 Å². The molecule has 1 aromatic carbocycles. The van der Waals surface area contributed by atoms with Crippen molar-refractivity contribution < 1.29 is 13.5 Å². The van der Waals surface area contributed by atoms with Crippen molar-refractivity contribution in [2.75, 3.05) is 6.61 Å². The zero-order valence-electron chi connectivity index (χ0n) is 14.2. The Morgan fingerprint density at radius 3 is 2.92 bits per heavy atom. The first-order valence-electron chi connectivity index (χ1n) is 8.36. The van der Waals surface area contributed by atoms with Crippen LogP contribution in [0.4, 0.5) is 8.78 Å². The van der Waals surface area contributed by atoms with Gasteiger partial charge in [-0.15, -0.1) is 0 Å². The molecule has 1 aliphatic rings. The van der Waals surface area contributed by atoms with Gasteiger partial charge in [-0.05, 0) is 48.4 Å². The van der Waals surface area contributed by atoms with Gasteiger partial charge in [0.15, 0.2) is 11.6 Å². The Labute approximate surface area is 149 Å². The third kappa shape index (κ3) is 2.98. The van der Waals surface area contributed by atoms with Crippen molar-refractivity contribution in [2.45, 2.75) is 19.4 Å². The van der Waals surface area contributed by atoms with Crippen molar-refractivity contribution in [1.29, 1.82) is 0 Å². The van der Waals surface area contributed by atoms with E-state index in [1.54, 1.807) is 24.7 Å². The SMILES string of the molecule is CC1N=CC=C1COc1ccc(F)c(Cc2c[nH]c3ncccc23)c1F. The molecule has 0 bridgehead atoms. The van der Waals surface area contributed by atoms with E-state index in [0.29, 0.717) is 5.65 Å². The number of fused-ring (bicyclic) bond motifs is 1. The Bertz CT molecular complexity index is 1020. The molecule has 6 heteroatoms. The molecule has 3 aromatic rings. The molecule has 1 N–H and O–H groups in total. The number of rotatable bonds is 5. The lowest BCUT2D eigenvalue weighted by molar-refractivity contribution is 0.324. The highest BCUT2D eigenvalue weighted by molar-refractivity contribution is 5.79. The molecule has 4 nitrogen and oxygen atoms in total. The number of pyridine rings is 1. The van der Waals surface area contributed by atoms with Gasteiger partial charge in [0.1, 0.15) is 18.1 Å². The molecule has 0 radical (unpaired) electrons. The highest BCUT2D eigenvalue weighted by Gasteiger charge is 2.18. The van der Waals surface area contributed by atoms with Crippen LogP contribution in [0.3, 0.4) is 0 Å². The molecular formula is C20H17F2N3O. The van der Waals surface area contributed by atoms with Gasteiger partial charge in [-0.3, -0.25) is 4.99 Å². The number of ether oxygens (including phenoxy) is 1. The van der Waals surface area contributed by atoms with Crippen LogP contribution in [-0.4, -0.2) is 28.8 Å². The van der Waals surface area contributed by atoms with Crippen LogP contribution in [0.5, 0.6) is 5.75 Å². The summed E-state index contributed by atoms with van der Waals surface area (Å²) < 4.78 is 34.7. The molecular weight excluding hydrogens is 336 g/mol. The van der Waals surface area contributed by atoms with E-state index in [-0.39, 0.29) is 30.4 Å². The van der Waals surface area contributed by atoms with Gasteiger partial charge in [-0.25, -0.2) is 13.8 Å². The Morgan fingerprint density at radius 1 is 1.23 bits per heavy atom. The van der Waals surface area contributed by atoms with E-state index in [4.69, 9.17) is 4.74 Å². The van der Waals surface area contributed by atoms with Gasteiger partial charge in [-0.1, -0.05) is 0 Å². The monoisotopic (exact) mass is 353 g/mol.